The first-order valence-corrected chi connectivity index (χ1v) is 10.6. The van der Waals surface area contributed by atoms with Gasteiger partial charge in [0.2, 0.25) is 0 Å². The minimum atomic E-state index is -2.91. The third-order valence-corrected chi connectivity index (χ3v) is 5.48. The lowest BCUT2D eigenvalue weighted by atomic mass is 10.1. The fraction of sp³-hybridized carbons (Fsp3) is 0.933. The molecule has 3 heterocycles. The SMILES string of the molecule is CCNC(=NCC1CN2CCN1CC2)NC(C)CCS(C)(=O)=O.I. The summed E-state index contributed by atoms with van der Waals surface area (Å²) in [7, 11) is -2.91. The first-order chi connectivity index (χ1) is 10.9. The van der Waals surface area contributed by atoms with Gasteiger partial charge in [-0.05, 0) is 20.3 Å². The summed E-state index contributed by atoms with van der Waals surface area (Å²) in [6.45, 7) is 11.4. The van der Waals surface area contributed by atoms with Crippen molar-refractivity contribution in [2.24, 2.45) is 4.99 Å². The van der Waals surface area contributed by atoms with Gasteiger partial charge in [0.25, 0.3) is 0 Å². The predicted molar refractivity (Wildman–Crippen MR) is 110 cm³/mol. The number of guanidine groups is 1. The van der Waals surface area contributed by atoms with Gasteiger partial charge in [-0.25, -0.2) is 8.42 Å². The van der Waals surface area contributed by atoms with Crippen LogP contribution in [0.5, 0.6) is 0 Å². The Kier molecular flexibility index (Phi) is 9.24. The Morgan fingerprint density at radius 1 is 1.29 bits per heavy atom. The Bertz CT molecular complexity index is 506. The number of sulfone groups is 1. The Labute approximate surface area is 163 Å². The average Bonchev–Trinajstić information content (AvgIpc) is 2.51. The van der Waals surface area contributed by atoms with Crippen molar-refractivity contribution in [3.63, 3.8) is 0 Å². The first kappa shape index (κ1) is 21.9. The molecule has 3 aliphatic heterocycles. The van der Waals surface area contributed by atoms with Gasteiger partial charge < -0.3 is 10.6 Å². The lowest BCUT2D eigenvalue weighted by molar-refractivity contribution is 0.0174. The molecule has 142 valence electrons. The molecule has 3 aliphatic rings. The highest BCUT2D eigenvalue weighted by atomic mass is 127. The van der Waals surface area contributed by atoms with Crippen molar-refractivity contribution in [3.05, 3.63) is 0 Å². The molecule has 0 spiro atoms. The van der Waals surface area contributed by atoms with Crippen LogP contribution < -0.4 is 10.6 Å². The fourth-order valence-electron chi connectivity index (χ4n) is 3.11. The smallest absolute Gasteiger partial charge is 0.191 e. The average molecular weight is 473 g/mol. The van der Waals surface area contributed by atoms with E-state index in [9.17, 15) is 8.42 Å². The van der Waals surface area contributed by atoms with Gasteiger partial charge >= 0.3 is 0 Å². The number of rotatable bonds is 7. The molecule has 0 aliphatic carbocycles. The molecule has 0 aromatic carbocycles. The maximum atomic E-state index is 11.3. The van der Waals surface area contributed by atoms with Crippen LogP contribution in [-0.2, 0) is 9.84 Å². The highest BCUT2D eigenvalue weighted by molar-refractivity contribution is 14.0. The van der Waals surface area contributed by atoms with Crippen molar-refractivity contribution in [1.29, 1.82) is 0 Å². The van der Waals surface area contributed by atoms with Gasteiger partial charge in [-0.3, -0.25) is 14.8 Å². The third-order valence-electron chi connectivity index (χ3n) is 4.50. The summed E-state index contributed by atoms with van der Waals surface area (Å²) in [5, 5.41) is 6.57. The second-order valence-electron chi connectivity index (χ2n) is 6.67. The van der Waals surface area contributed by atoms with E-state index >= 15 is 0 Å². The molecule has 0 aromatic rings. The van der Waals surface area contributed by atoms with Crippen LogP contribution in [0.4, 0.5) is 0 Å². The molecule has 3 fully saturated rings. The molecular formula is C15H32IN5O2S. The second-order valence-corrected chi connectivity index (χ2v) is 8.93. The quantitative estimate of drug-likeness (QED) is 0.308. The maximum absolute atomic E-state index is 11.3. The fourth-order valence-corrected chi connectivity index (χ4v) is 3.89. The summed E-state index contributed by atoms with van der Waals surface area (Å²) < 4.78 is 22.5. The van der Waals surface area contributed by atoms with Crippen LogP contribution in [0, 0.1) is 0 Å². The van der Waals surface area contributed by atoms with E-state index < -0.39 is 9.84 Å². The summed E-state index contributed by atoms with van der Waals surface area (Å²) >= 11 is 0. The maximum Gasteiger partial charge on any atom is 0.191 e. The van der Waals surface area contributed by atoms with E-state index in [0.717, 1.165) is 38.7 Å². The van der Waals surface area contributed by atoms with Crippen molar-refractivity contribution >= 4 is 39.8 Å². The molecule has 2 atom stereocenters. The minimum Gasteiger partial charge on any atom is -0.357 e. The zero-order valence-corrected chi connectivity index (χ0v) is 18.1. The monoisotopic (exact) mass is 473 g/mol. The van der Waals surface area contributed by atoms with Crippen molar-refractivity contribution in [1.82, 2.24) is 20.4 Å². The first-order valence-electron chi connectivity index (χ1n) is 8.56. The number of halogens is 1. The van der Waals surface area contributed by atoms with E-state index in [2.05, 4.69) is 20.4 Å². The molecule has 2 unspecified atom stereocenters. The predicted octanol–water partition coefficient (Wildman–Crippen LogP) is -0.0175. The molecule has 0 amide bonds. The van der Waals surface area contributed by atoms with Gasteiger partial charge in [0.05, 0.1) is 12.3 Å². The van der Waals surface area contributed by atoms with Crippen molar-refractivity contribution in [2.75, 3.05) is 57.8 Å². The summed E-state index contributed by atoms with van der Waals surface area (Å²) in [5.74, 6) is 0.984. The number of hydrogen-bond acceptors (Lipinski definition) is 5. The molecular weight excluding hydrogens is 441 g/mol. The van der Waals surface area contributed by atoms with E-state index in [1.807, 2.05) is 13.8 Å². The van der Waals surface area contributed by atoms with Gasteiger partial charge in [0.15, 0.2) is 5.96 Å². The van der Waals surface area contributed by atoms with Crippen molar-refractivity contribution < 1.29 is 8.42 Å². The topological polar surface area (TPSA) is 77.0 Å². The van der Waals surface area contributed by atoms with E-state index in [0.29, 0.717) is 12.5 Å². The van der Waals surface area contributed by atoms with Gasteiger partial charge in [-0.15, -0.1) is 24.0 Å². The van der Waals surface area contributed by atoms with Crippen LogP contribution in [0.2, 0.25) is 0 Å². The normalized spacial score (nSPS) is 28.1. The number of aliphatic imine (C=N–C) groups is 1. The van der Waals surface area contributed by atoms with E-state index in [4.69, 9.17) is 4.99 Å². The van der Waals surface area contributed by atoms with Crippen LogP contribution in [0.15, 0.2) is 4.99 Å². The van der Waals surface area contributed by atoms with Crippen LogP contribution in [0.25, 0.3) is 0 Å². The van der Waals surface area contributed by atoms with Gasteiger partial charge in [-0.1, -0.05) is 0 Å². The molecule has 2 N–H and O–H groups in total. The molecule has 0 saturated carbocycles. The lowest BCUT2D eigenvalue weighted by Crippen LogP contribution is -2.62. The largest absolute Gasteiger partial charge is 0.357 e. The Hall–Kier alpha value is -0.130. The van der Waals surface area contributed by atoms with Crippen LogP contribution >= 0.6 is 24.0 Å². The van der Waals surface area contributed by atoms with Gasteiger partial charge in [0, 0.05) is 57.6 Å². The van der Waals surface area contributed by atoms with E-state index in [-0.39, 0.29) is 35.8 Å². The molecule has 2 bridgehead atoms. The standard InChI is InChI=1S/C15H31N5O2S.HI/c1-4-16-15(18-13(2)5-10-23(3,21)22)17-11-14-12-19-6-8-20(14)9-7-19;/h13-14H,4-12H2,1-3H3,(H2,16,17,18);1H. The zero-order valence-electron chi connectivity index (χ0n) is 15.0. The van der Waals surface area contributed by atoms with Crippen LogP contribution in [-0.4, -0.2) is 94.1 Å². The van der Waals surface area contributed by atoms with Crippen LogP contribution in [0.3, 0.4) is 0 Å². The molecule has 3 saturated heterocycles. The highest BCUT2D eigenvalue weighted by Crippen LogP contribution is 2.15. The molecule has 7 nitrogen and oxygen atoms in total. The number of fused-ring (bicyclic) bond motifs is 3. The molecule has 24 heavy (non-hydrogen) atoms. The Morgan fingerprint density at radius 2 is 1.96 bits per heavy atom. The highest BCUT2D eigenvalue weighted by Gasteiger charge is 2.31. The van der Waals surface area contributed by atoms with E-state index in [1.165, 1.54) is 19.3 Å². The summed E-state index contributed by atoms with van der Waals surface area (Å²) in [5.41, 5.74) is 0. The van der Waals surface area contributed by atoms with Crippen molar-refractivity contribution in [3.8, 4) is 0 Å². The third kappa shape index (κ3) is 7.40. The van der Waals surface area contributed by atoms with Crippen LogP contribution in [0.1, 0.15) is 20.3 Å². The second kappa shape index (κ2) is 10.1. The molecule has 0 aromatic heterocycles. The zero-order chi connectivity index (χ0) is 16.9. The molecule has 9 heteroatoms. The number of nitrogens with zero attached hydrogens (tertiary/aromatic N) is 3. The minimum absolute atomic E-state index is 0. The lowest BCUT2D eigenvalue weighted by Gasteiger charge is -2.47. The van der Waals surface area contributed by atoms with Crippen molar-refractivity contribution in [2.45, 2.75) is 32.4 Å². The number of piperazine rings is 3. The Morgan fingerprint density at radius 3 is 2.46 bits per heavy atom. The summed E-state index contributed by atoms with van der Waals surface area (Å²) in [6, 6.07) is 0.577. The number of hydrogen-bond donors (Lipinski definition) is 2. The Balaban J connectivity index is 0.00000288. The summed E-state index contributed by atoms with van der Waals surface area (Å²) in [6.07, 6.45) is 1.87. The molecule has 0 radical (unpaired) electrons. The van der Waals surface area contributed by atoms with Gasteiger partial charge in [-0.2, -0.15) is 0 Å². The molecule has 3 rings (SSSR count). The summed E-state index contributed by atoms with van der Waals surface area (Å²) in [4.78, 5) is 9.75. The van der Waals surface area contributed by atoms with Gasteiger partial charge in [0.1, 0.15) is 9.84 Å². The van der Waals surface area contributed by atoms with E-state index in [1.54, 1.807) is 0 Å². The number of nitrogens with one attached hydrogen (secondary N) is 2.